The molecule has 0 saturated carbocycles. The van der Waals surface area contributed by atoms with Crippen molar-refractivity contribution >= 4 is 41.0 Å². The van der Waals surface area contributed by atoms with E-state index in [0.717, 1.165) is 4.90 Å². The number of ether oxygens (including phenoxy) is 3. The highest BCUT2D eigenvalue weighted by molar-refractivity contribution is 6.31. The van der Waals surface area contributed by atoms with Gasteiger partial charge in [-0.15, -0.1) is 0 Å². The molecule has 10 heteroatoms. The molecule has 3 aromatic rings. The van der Waals surface area contributed by atoms with Gasteiger partial charge in [0.15, 0.2) is 11.5 Å². The van der Waals surface area contributed by atoms with Crippen molar-refractivity contribution in [2.45, 2.75) is 25.9 Å². The van der Waals surface area contributed by atoms with Gasteiger partial charge < -0.3 is 19.1 Å². The van der Waals surface area contributed by atoms with E-state index in [1.54, 1.807) is 43.3 Å². The molecule has 1 aliphatic rings. The summed E-state index contributed by atoms with van der Waals surface area (Å²) in [6, 6.07) is 16.5. The predicted octanol–water partition coefficient (Wildman–Crippen LogP) is 4.51. The molecule has 1 fully saturated rings. The van der Waals surface area contributed by atoms with Crippen LogP contribution in [0.15, 0.2) is 66.7 Å². The van der Waals surface area contributed by atoms with E-state index in [0.29, 0.717) is 27.6 Å². The van der Waals surface area contributed by atoms with Crippen LogP contribution in [0.2, 0.25) is 5.02 Å². The maximum atomic E-state index is 13.8. The third-order valence-corrected chi connectivity index (χ3v) is 6.69. The summed E-state index contributed by atoms with van der Waals surface area (Å²) in [6.45, 7) is 1.92. The third kappa shape index (κ3) is 5.73. The van der Waals surface area contributed by atoms with Crippen LogP contribution < -0.4 is 14.4 Å². The molecule has 0 aliphatic carbocycles. The number of carbonyl (C=O) groups excluding carboxylic acids is 4. The molecule has 1 aliphatic heterocycles. The van der Waals surface area contributed by atoms with Crippen molar-refractivity contribution < 1.29 is 33.4 Å². The van der Waals surface area contributed by atoms with Crippen LogP contribution in [-0.4, -0.2) is 55.5 Å². The number of hydrogen-bond acceptors (Lipinski definition) is 7. The van der Waals surface area contributed by atoms with E-state index in [-0.39, 0.29) is 30.8 Å². The summed E-state index contributed by atoms with van der Waals surface area (Å²) in [4.78, 5) is 55.0. The predicted molar refractivity (Wildman–Crippen MR) is 144 cm³/mol. The number of anilines is 1. The first-order valence-corrected chi connectivity index (χ1v) is 12.6. The Balaban J connectivity index is 1.68. The first kappa shape index (κ1) is 27.7. The lowest BCUT2D eigenvalue weighted by Gasteiger charge is -2.28. The van der Waals surface area contributed by atoms with Gasteiger partial charge in [-0.05, 0) is 61.0 Å². The van der Waals surface area contributed by atoms with Gasteiger partial charge in [0.2, 0.25) is 5.91 Å². The molecule has 0 radical (unpaired) electrons. The fourth-order valence-corrected chi connectivity index (χ4v) is 4.56. The zero-order chi connectivity index (χ0) is 28.1. The van der Waals surface area contributed by atoms with Crippen LogP contribution in [0, 0.1) is 0 Å². The fourth-order valence-electron chi connectivity index (χ4n) is 4.36. The van der Waals surface area contributed by atoms with Gasteiger partial charge in [0.05, 0.1) is 38.5 Å². The van der Waals surface area contributed by atoms with E-state index in [1.807, 2.05) is 0 Å². The van der Waals surface area contributed by atoms with Crippen molar-refractivity contribution in [2.75, 3.05) is 25.7 Å². The Morgan fingerprint density at radius 1 is 0.949 bits per heavy atom. The minimum Gasteiger partial charge on any atom is -0.493 e. The standard InChI is InChI=1S/C29H27ClN2O7/c1-4-39-29(36)18-9-12-21(13-10-18)32-26(33)16-23(28(32)35)31(17-20-7-5-6-8-22(20)30)27(34)19-11-14-24(37-2)25(15-19)38-3/h5-15,23H,4,16-17H2,1-3H3. The number of amides is 3. The van der Waals surface area contributed by atoms with Crippen LogP contribution in [0.5, 0.6) is 11.5 Å². The summed E-state index contributed by atoms with van der Waals surface area (Å²) < 4.78 is 15.6. The molecule has 1 atom stereocenters. The van der Waals surface area contributed by atoms with Crippen LogP contribution in [0.3, 0.4) is 0 Å². The number of benzene rings is 3. The zero-order valence-corrected chi connectivity index (χ0v) is 22.4. The summed E-state index contributed by atoms with van der Waals surface area (Å²) >= 11 is 6.39. The molecule has 0 spiro atoms. The lowest BCUT2D eigenvalue weighted by Crippen LogP contribution is -2.45. The number of halogens is 1. The Morgan fingerprint density at radius 2 is 1.62 bits per heavy atom. The van der Waals surface area contributed by atoms with Crippen LogP contribution in [0.1, 0.15) is 39.6 Å². The molecular weight excluding hydrogens is 524 g/mol. The molecule has 3 amide bonds. The Bertz CT molecular complexity index is 1410. The summed E-state index contributed by atoms with van der Waals surface area (Å²) in [6.07, 6.45) is -0.220. The first-order valence-electron chi connectivity index (χ1n) is 12.2. The average molecular weight is 551 g/mol. The maximum absolute atomic E-state index is 13.8. The Morgan fingerprint density at radius 3 is 2.26 bits per heavy atom. The van der Waals surface area contributed by atoms with Gasteiger partial charge in [-0.3, -0.25) is 14.4 Å². The number of methoxy groups -OCH3 is 2. The van der Waals surface area contributed by atoms with Crippen LogP contribution in [-0.2, 0) is 20.9 Å². The van der Waals surface area contributed by atoms with E-state index in [2.05, 4.69) is 0 Å². The summed E-state index contributed by atoms with van der Waals surface area (Å²) in [5.41, 5.74) is 1.44. The lowest BCUT2D eigenvalue weighted by molar-refractivity contribution is -0.122. The molecule has 0 aromatic heterocycles. The topological polar surface area (TPSA) is 102 Å². The number of nitrogens with zero attached hydrogens (tertiary/aromatic N) is 2. The second-order valence-electron chi connectivity index (χ2n) is 8.65. The summed E-state index contributed by atoms with van der Waals surface area (Å²) in [5, 5.41) is 0.422. The molecule has 39 heavy (non-hydrogen) atoms. The molecule has 1 unspecified atom stereocenters. The molecule has 0 bridgehead atoms. The Hall–Kier alpha value is -4.37. The second-order valence-corrected chi connectivity index (χ2v) is 9.06. The van der Waals surface area contributed by atoms with Gasteiger partial charge in [-0.1, -0.05) is 29.8 Å². The van der Waals surface area contributed by atoms with Gasteiger partial charge in [-0.25, -0.2) is 9.69 Å². The van der Waals surface area contributed by atoms with Crippen LogP contribution in [0.25, 0.3) is 0 Å². The molecule has 3 aromatic carbocycles. The molecule has 1 heterocycles. The van der Waals surface area contributed by atoms with Gasteiger partial charge in [-0.2, -0.15) is 0 Å². The lowest BCUT2D eigenvalue weighted by atomic mass is 10.1. The largest absolute Gasteiger partial charge is 0.493 e. The number of rotatable bonds is 9. The minimum atomic E-state index is -1.08. The number of carbonyl (C=O) groups is 4. The van der Waals surface area contributed by atoms with E-state index in [1.165, 1.54) is 49.5 Å². The van der Waals surface area contributed by atoms with Crippen molar-refractivity contribution in [1.29, 1.82) is 0 Å². The average Bonchev–Trinajstić information content (AvgIpc) is 3.25. The summed E-state index contributed by atoms with van der Waals surface area (Å²) in [7, 11) is 2.94. The smallest absolute Gasteiger partial charge is 0.338 e. The fraction of sp³-hybridized carbons (Fsp3) is 0.241. The quantitative estimate of drug-likeness (QED) is 0.285. The van der Waals surface area contributed by atoms with E-state index >= 15 is 0 Å². The zero-order valence-electron chi connectivity index (χ0n) is 21.7. The van der Waals surface area contributed by atoms with Crippen molar-refractivity contribution in [3.05, 3.63) is 88.4 Å². The van der Waals surface area contributed by atoms with Gasteiger partial charge >= 0.3 is 5.97 Å². The SMILES string of the molecule is CCOC(=O)c1ccc(N2C(=O)CC(N(Cc3ccccc3Cl)C(=O)c3ccc(OC)c(OC)c3)C2=O)cc1. The van der Waals surface area contributed by atoms with Crippen molar-refractivity contribution in [3.8, 4) is 11.5 Å². The Kier molecular flexibility index (Phi) is 8.51. The van der Waals surface area contributed by atoms with E-state index < -0.39 is 29.7 Å². The van der Waals surface area contributed by atoms with Crippen LogP contribution >= 0.6 is 11.6 Å². The first-order chi connectivity index (χ1) is 18.8. The molecule has 202 valence electrons. The molecule has 9 nitrogen and oxygen atoms in total. The number of esters is 1. The van der Waals surface area contributed by atoms with Crippen LogP contribution in [0.4, 0.5) is 5.69 Å². The number of imide groups is 1. The van der Waals surface area contributed by atoms with Crippen molar-refractivity contribution in [3.63, 3.8) is 0 Å². The second kappa shape index (κ2) is 12.0. The monoisotopic (exact) mass is 550 g/mol. The molecule has 0 N–H and O–H groups in total. The number of hydrogen-bond donors (Lipinski definition) is 0. The minimum absolute atomic E-state index is 0.00776. The molecular formula is C29H27ClN2O7. The van der Waals surface area contributed by atoms with Gasteiger partial charge in [0.25, 0.3) is 11.8 Å². The maximum Gasteiger partial charge on any atom is 0.338 e. The molecule has 4 rings (SSSR count). The summed E-state index contributed by atoms with van der Waals surface area (Å²) in [5.74, 6) is -1.24. The Labute approximate surface area is 230 Å². The van der Waals surface area contributed by atoms with E-state index in [4.69, 9.17) is 25.8 Å². The van der Waals surface area contributed by atoms with Gasteiger partial charge in [0, 0.05) is 17.1 Å². The normalized spacial score (nSPS) is 14.8. The van der Waals surface area contributed by atoms with E-state index in [9.17, 15) is 19.2 Å². The molecule has 1 saturated heterocycles. The third-order valence-electron chi connectivity index (χ3n) is 6.33. The van der Waals surface area contributed by atoms with Crippen molar-refractivity contribution in [1.82, 2.24) is 4.90 Å². The van der Waals surface area contributed by atoms with Crippen molar-refractivity contribution in [2.24, 2.45) is 0 Å². The van der Waals surface area contributed by atoms with Gasteiger partial charge in [0.1, 0.15) is 6.04 Å². The highest BCUT2D eigenvalue weighted by Crippen LogP contribution is 2.32. The highest BCUT2D eigenvalue weighted by atomic mass is 35.5. The highest BCUT2D eigenvalue weighted by Gasteiger charge is 2.44.